The normalized spacial score (nSPS) is 12.3. The first-order valence-electron chi connectivity index (χ1n) is 6.28. The van der Waals surface area contributed by atoms with Gasteiger partial charge in [-0.3, -0.25) is 10.1 Å². The Hall–Kier alpha value is -1.85. The molecule has 106 valence electrons. The van der Waals surface area contributed by atoms with Crippen molar-refractivity contribution >= 4 is 17.3 Å². The molecule has 1 aromatic carbocycles. The minimum absolute atomic E-state index is 0.0111. The number of nitrogens with zero attached hydrogens (tertiary/aromatic N) is 1. The number of nitro groups is 1. The predicted molar refractivity (Wildman–Crippen MR) is 77.9 cm³/mol. The zero-order valence-electron chi connectivity index (χ0n) is 11.2. The summed E-state index contributed by atoms with van der Waals surface area (Å²) in [4.78, 5) is 10.4. The average Bonchev–Trinajstić information content (AvgIpc) is 2.90. The monoisotopic (exact) mass is 294 g/mol. The second-order valence-electron chi connectivity index (χ2n) is 4.37. The molecule has 0 aliphatic heterocycles. The second kappa shape index (κ2) is 6.07. The lowest BCUT2D eigenvalue weighted by Gasteiger charge is -2.10. The fourth-order valence-electron chi connectivity index (χ4n) is 2.05. The van der Waals surface area contributed by atoms with Crippen molar-refractivity contribution in [2.24, 2.45) is 0 Å². The fourth-order valence-corrected chi connectivity index (χ4v) is 2.26. The smallest absolute Gasteiger partial charge is 0.270 e. The van der Waals surface area contributed by atoms with Crippen LogP contribution < -0.4 is 5.32 Å². The Kier molecular flexibility index (Phi) is 4.42. The Morgan fingerprint density at radius 2 is 2.15 bits per heavy atom. The third kappa shape index (κ3) is 2.84. The molecule has 0 bridgehead atoms. The van der Waals surface area contributed by atoms with E-state index in [1.807, 2.05) is 20.0 Å². The molecule has 6 heteroatoms. The van der Waals surface area contributed by atoms with Gasteiger partial charge in [0, 0.05) is 17.7 Å². The van der Waals surface area contributed by atoms with Gasteiger partial charge in [-0.1, -0.05) is 18.5 Å². The van der Waals surface area contributed by atoms with Gasteiger partial charge in [-0.25, -0.2) is 0 Å². The first kappa shape index (κ1) is 14.6. The zero-order chi connectivity index (χ0) is 14.7. The van der Waals surface area contributed by atoms with Crippen LogP contribution >= 0.6 is 11.6 Å². The molecule has 0 spiro atoms. The zero-order valence-corrected chi connectivity index (χ0v) is 12.0. The van der Waals surface area contributed by atoms with Crippen LogP contribution in [0.3, 0.4) is 0 Å². The van der Waals surface area contributed by atoms with E-state index < -0.39 is 4.92 Å². The van der Waals surface area contributed by atoms with Gasteiger partial charge in [0.25, 0.3) is 5.69 Å². The van der Waals surface area contributed by atoms with Crippen LogP contribution in [0.2, 0.25) is 5.02 Å². The van der Waals surface area contributed by atoms with E-state index in [2.05, 4.69) is 5.32 Å². The van der Waals surface area contributed by atoms with Crippen LogP contribution in [0.25, 0.3) is 11.3 Å². The van der Waals surface area contributed by atoms with Crippen LogP contribution in [0.5, 0.6) is 0 Å². The van der Waals surface area contributed by atoms with E-state index in [9.17, 15) is 10.1 Å². The van der Waals surface area contributed by atoms with Gasteiger partial charge in [0.05, 0.1) is 16.0 Å². The summed E-state index contributed by atoms with van der Waals surface area (Å²) in [5.41, 5.74) is 0.515. The minimum Gasteiger partial charge on any atom is -0.459 e. The van der Waals surface area contributed by atoms with E-state index >= 15 is 0 Å². The van der Waals surface area contributed by atoms with Gasteiger partial charge in [0.15, 0.2) is 0 Å². The van der Waals surface area contributed by atoms with Crippen LogP contribution in [-0.2, 0) is 0 Å². The molecule has 1 heterocycles. The molecule has 5 nitrogen and oxygen atoms in total. The van der Waals surface area contributed by atoms with Crippen molar-refractivity contribution in [3.8, 4) is 11.3 Å². The molecule has 1 aromatic heterocycles. The van der Waals surface area contributed by atoms with E-state index in [0.29, 0.717) is 16.3 Å². The molecule has 20 heavy (non-hydrogen) atoms. The molecular formula is C14H15ClN2O3. The maximum absolute atomic E-state index is 10.8. The lowest BCUT2D eigenvalue weighted by atomic mass is 10.1. The quantitative estimate of drug-likeness (QED) is 0.663. The molecule has 0 radical (unpaired) electrons. The van der Waals surface area contributed by atoms with Crippen LogP contribution in [-0.4, -0.2) is 12.0 Å². The van der Waals surface area contributed by atoms with Crippen molar-refractivity contribution in [1.29, 1.82) is 0 Å². The SMILES string of the molecule is CCC(NC)c1ccc(-c2cc([N+](=O)[O-])ccc2Cl)o1. The number of non-ortho nitro benzene ring substituents is 1. The van der Waals surface area contributed by atoms with E-state index in [4.69, 9.17) is 16.0 Å². The summed E-state index contributed by atoms with van der Waals surface area (Å²) < 4.78 is 5.76. The van der Waals surface area contributed by atoms with Gasteiger partial charge in [0.2, 0.25) is 0 Å². The topological polar surface area (TPSA) is 68.3 Å². The van der Waals surface area contributed by atoms with Crippen molar-refractivity contribution in [3.63, 3.8) is 0 Å². The van der Waals surface area contributed by atoms with Crippen molar-refractivity contribution in [2.75, 3.05) is 7.05 Å². The van der Waals surface area contributed by atoms with Crippen LogP contribution in [0.4, 0.5) is 5.69 Å². The maximum Gasteiger partial charge on any atom is 0.270 e. The third-order valence-corrected chi connectivity index (χ3v) is 3.48. The Balaban J connectivity index is 2.41. The van der Waals surface area contributed by atoms with Gasteiger partial charge in [-0.15, -0.1) is 0 Å². The summed E-state index contributed by atoms with van der Waals surface area (Å²) in [6.45, 7) is 2.05. The Bertz CT molecular complexity index is 621. The first-order chi connectivity index (χ1) is 9.56. The van der Waals surface area contributed by atoms with Gasteiger partial charge < -0.3 is 9.73 Å². The summed E-state index contributed by atoms with van der Waals surface area (Å²) >= 11 is 6.09. The Morgan fingerprint density at radius 1 is 1.40 bits per heavy atom. The molecule has 1 N–H and O–H groups in total. The second-order valence-corrected chi connectivity index (χ2v) is 4.78. The summed E-state index contributed by atoms with van der Waals surface area (Å²) in [5.74, 6) is 1.31. The van der Waals surface area contributed by atoms with Crippen LogP contribution in [0.1, 0.15) is 25.1 Å². The van der Waals surface area contributed by atoms with Crippen LogP contribution in [0, 0.1) is 10.1 Å². The number of nitrogens with one attached hydrogen (secondary N) is 1. The number of halogens is 1. The number of hydrogen-bond donors (Lipinski definition) is 1. The minimum atomic E-state index is -0.452. The largest absolute Gasteiger partial charge is 0.459 e. The number of benzene rings is 1. The molecule has 0 saturated heterocycles. The molecule has 0 saturated carbocycles. The Morgan fingerprint density at radius 3 is 2.75 bits per heavy atom. The van der Waals surface area contributed by atoms with Gasteiger partial charge in [0.1, 0.15) is 11.5 Å². The average molecular weight is 295 g/mol. The highest BCUT2D eigenvalue weighted by Gasteiger charge is 2.16. The van der Waals surface area contributed by atoms with E-state index in [1.165, 1.54) is 18.2 Å². The van der Waals surface area contributed by atoms with Crippen LogP contribution in [0.15, 0.2) is 34.7 Å². The van der Waals surface area contributed by atoms with Gasteiger partial charge in [-0.05, 0) is 31.7 Å². The molecule has 2 rings (SSSR count). The number of rotatable bonds is 5. The fraction of sp³-hybridized carbons (Fsp3) is 0.286. The third-order valence-electron chi connectivity index (χ3n) is 3.15. The summed E-state index contributed by atoms with van der Waals surface area (Å²) in [7, 11) is 1.86. The standard InChI is InChI=1S/C14H15ClN2O3/c1-3-12(16-2)14-7-6-13(20-14)10-8-9(17(18)19)4-5-11(10)15/h4-8,12,16H,3H2,1-2H3. The Labute approximate surface area is 121 Å². The van der Waals surface area contributed by atoms with Crippen molar-refractivity contribution in [1.82, 2.24) is 5.32 Å². The van der Waals surface area contributed by atoms with Crippen molar-refractivity contribution in [2.45, 2.75) is 19.4 Å². The highest BCUT2D eigenvalue weighted by molar-refractivity contribution is 6.33. The number of nitro benzene ring substituents is 1. The predicted octanol–water partition coefficient (Wildman–Crippen LogP) is 4.18. The first-order valence-corrected chi connectivity index (χ1v) is 6.66. The van der Waals surface area contributed by atoms with E-state index in [-0.39, 0.29) is 11.7 Å². The molecule has 0 aliphatic carbocycles. The highest BCUT2D eigenvalue weighted by Crippen LogP contribution is 2.34. The summed E-state index contributed by atoms with van der Waals surface area (Å²) in [5, 5.41) is 14.4. The van der Waals surface area contributed by atoms with Crippen molar-refractivity contribution < 1.29 is 9.34 Å². The van der Waals surface area contributed by atoms with E-state index in [0.717, 1.165) is 12.2 Å². The highest BCUT2D eigenvalue weighted by atomic mass is 35.5. The number of hydrogen-bond acceptors (Lipinski definition) is 4. The molecule has 2 aromatic rings. The molecule has 0 aliphatic rings. The molecule has 0 amide bonds. The van der Waals surface area contributed by atoms with Gasteiger partial charge >= 0.3 is 0 Å². The molecule has 1 unspecified atom stereocenters. The van der Waals surface area contributed by atoms with Gasteiger partial charge in [-0.2, -0.15) is 0 Å². The molecular weight excluding hydrogens is 280 g/mol. The lowest BCUT2D eigenvalue weighted by Crippen LogP contribution is -2.14. The summed E-state index contributed by atoms with van der Waals surface area (Å²) in [6.07, 6.45) is 0.881. The van der Waals surface area contributed by atoms with Crippen molar-refractivity contribution in [3.05, 3.63) is 51.2 Å². The number of furan rings is 1. The summed E-state index contributed by atoms with van der Waals surface area (Å²) in [6, 6.07) is 8.05. The molecule has 1 atom stereocenters. The van der Waals surface area contributed by atoms with E-state index in [1.54, 1.807) is 6.07 Å². The molecule has 0 fully saturated rings. The maximum atomic E-state index is 10.8. The lowest BCUT2D eigenvalue weighted by molar-refractivity contribution is -0.384.